The van der Waals surface area contributed by atoms with Crippen LogP contribution in [0.25, 0.3) is 16.9 Å². The van der Waals surface area contributed by atoms with E-state index < -0.39 is 5.97 Å². The van der Waals surface area contributed by atoms with Crippen LogP contribution >= 0.6 is 0 Å². The minimum Gasteiger partial charge on any atom is -0.493 e. The molecule has 0 bridgehead atoms. The highest BCUT2D eigenvalue weighted by Crippen LogP contribution is 2.43. The summed E-state index contributed by atoms with van der Waals surface area (Å²) in [5, 5.41) is 17.1. The van der Waals surface area contributed by atoms with Gasteiger partial charge in [0.15, 0.2) is 23.0 Å². The molecular weight excluding hydrogens is 426 g/mol. The standard InChI is InChI=1S/C23H21N5O5/c1-30-17-9-14(10-18(31-2)20(17)32-3)19-22(28-21(27-19)15(11-24)12-25-28)26-16-7-5-6-13(8-16)23(29)33-4/h5-10,12,26-27H,1-4H3. The Balaban J connectivity index is 1.91. The highest BCUT2D eigenvalue weighted by molar-refractivity contribution is 5.91. The summed E-state index contributed by atoms with van der Waals surface area (Å²) in [6, 6.07) is 12.6. The van der Waals surface area contributed by atoms with Crippen LogP contribution in [-0.2, 0) is 4.74 Å². The molecule has 0 aliphatic carbocycles. The molecule has 2 heterocycles. The second kappa shape index (κ2) is 8.84. The van der Waals surface area contributed by atoms with Crippen LogP contribution < -0.4 is 19.5 Å². The van der Waals surface area contributed by atoms with Gasteiger partial charge >= 0.3 is 5.97 Å². The monoisotopic (exact) mass is 447 g/mol. The zero-order valence-electron chi connectivity index (χ0n) is 18.4. The van der Waals surface area contributed by atoms with Gasteiger partial charge in [-0.1, -0.05) is 6.07 Å². The lowest BCUT2D eigenvalue weighted by Crippen LogP contribution is -2.03. The van der Waals surface area contributed by atoms with Gasteiger partial charge in [0.25, 0.3) is 0 Å². The molecule has 0 amide bonds. The SMILES string of the molecule is COC(=O)c1cccc(Nc2c(-c3cc(OC)c(OC)c(OC)c3)[nH]c3c(C#N)cnn23)c1. The molecule has 10 heteroatoms. The van der Waals surface area contributed by atoms with E-state index in [9.17, 15) is 10.1 Å². The number of carbonyl (C=O) groups excluding carboxylic acids is 1. The fraction of sp³-hybridized carbons (Fsp3) is 0.174. The van der Waals surface area contributed by atoms with Crippen molar-refractivity contribution in [2.45, 2.75) is 0 Å². The van der Waals surface area contributed by atoms with Gasteiger partial charge in [0.2, 0.25) is 5.75 Å². The Morgan fingerprint density at radius 3 is 2.42 bits per heavy atom. The average molecular weight is 447 g/mol. The van der Waals surface area contributed by atoms with Crippen molar-refractivity contribution in [3.63, 3.8) is 0 Å². The number of imidazole rings is 1. The number of fused-ring (bicyclic) bond motifs is 1. The van der Waals surface area contributed by atoms with Crippen molar-refractivity contribution in [1.29, 1.82) is 5.26 Å². The van der Waals surface area contributed by atoms with Crippen molar-refractivity contribution in [2.24, 2.45) is 0 Å². The quantitative estimate of drug-likeness (QED) is 0.411. The van der Waals surface area contributed by atoms with Gasteiger partial charge in [-0.15, -0.1) is 0 Å². The first-order chi connectivity index (χ1) is 16.0. The van der Waals surface area contributed by atoms with Gasteiger partial charge in [0.1, 0.15) is 11.6 Å². The second-order valence-electron chi connectivity index (χ2n) is 6.89. The number of aromatic nitrogens is 3. The van der Waals surface area contributed by atoms with Gasteiger partial charge in [-0.2, -0.15) is 14.9 Å². The topological polar surface area (TPSA) is 123 Å². The molecule has 168 valence electrons. The van der Waals surface area contributed by atoms with Crippen LogP contribution in [0.15, 0.2) is 42.6 Å². The number of H-pyrrole nitrogens is 1. The summed E-state index contributed by atoms with van der Waals surface area (Å²) in [7, 11) is 5.93. The van der Waals surface area contributed by atoms with Crippen LogP contribution in [0.1, 0.15) is 15.9 Å². The molecule has 4 aromatic rings. The maximum absolute atomic E-state index is 12.0. The smallest absolute Gasteiger partial charge is 0.337 e. The van der Waals surface area contributed by atoms with E-state index in [-0.39, 0.29) is 0 Å². The number of carbonyl (C=O) groups is 1. The van der Waals surface area contributed by atoms with Crippen LogP contribution in [0.2, 0.25) is 0 Å². The van der Waals surface area contributed by atoms with Gasteiger partial charge in [-0.3, -0.25) is 0 Å². The number of rotatable bonds is 7. The van der Waals surface area contributed by atoms with Gasteiger partial charge in [-0.05, 0) is 30.3 Å². The largest absolute Gasteiger partial charge is 0.493 e. The maximum atomic E-state index is 12.0. The Labute approximate surface area is 189 Å². The first-order valence-electron chi connectivity index (χ1n) is 9.80. The number of methoxy groups -OCH3 is 4. The highest BCUT2D eigenvalue weighted by atomic mass is 16.5. The molecule has 0 atom stereocenters. The van der Waals surface area contributed by atoms with E-state index in [4.69, 9.17) is 18.9 Å². The molecule has 0 unspecified atom stereocenters. The Hall–Kier alpha value is -4.65. The Kier molecular flexibility index (Phi) is 5.78. The summed E-state index contributed by atoms with van der Waals surface area (Å²) >= 11 is 0. The number of nitrogens with zero attached hydrogens (tertiary/aromatic N) is 3. The number of ether oxygens (including phenoxy) is 4. The third kappa shape index (κ3) is 3.76. The number of nitrogens with one attached hydrogen (secondary N) is 2. The summed E-state index contributed by atoms with van der Waals surface area (Å²) < 4.78 is 22.8. The van der Waals surface area contributed by atoms with Gasteiger partial charge in [-0.25, -0.2) is 4.79 Å². The number of benzene rings is 2. The van der Waals surface area contributed by atoms with E-state index in [0.717, 1.165) is 0 Å². The Morgan fingerprint density at radius 1 is 1.09 bits per heavy atom. The van der Waals surface area contributed by atoms with Crippen molar-refractivity contribution < 1.29 is 23.7 Å². The molecule has 2 N–H and O–H groups in total. The third-order valence-corrected chi connectivity index (χ3v) is 5.08. The molecule has 0 saturated heterocycles. The summed E-state index contributed by atoms with van der Waals surface area (Å²) in [5.74, 6) is 1.49. The molecular formula is C23H21N5O5. The molecule has 0 fully saturated rings. The maximum Gasteiger partial charge on any atom is 0.337 e. The van der Waals surface area contributed by atoms with Gasteiger partial charge in [0, 0.05) is 11.3 Å². The molecule has 0 spiro atoms. The van der Waals surface area contributed by atoms with Gasteiger partial charge < -0.3 is 29.2 Å². The van der Waals surface area contributed by atoms with Gasteiger partial charge in [0.05, 0.1) is 45.9 Å². The lowest BCUT2D eigenvalue weighted by atomic mass is 10.1. The minimum absolute atomic E-state index is 0.375. The predicted molar refractivity (Wildman–Crippen MR) is 120 cm³/mol. The third-order valence-electron chi connectivity index (χ3n) is 5.08. The van der Waals surface area contributed by atoms with Crippen molar-refractivity contribution in [3.05, 3.63) is 53.7 Å². The summed E-state index contributed by atoms with van der Waals surface area (Å²) in [5.41, 5.74) is 3.22. The molecule has 0 radical (unpaired) electrons. The molecule has 2 aromatic heterocycles. The number of anilines is 2. The van der Waals surface area contributed by atoms with Crippen LogP contribution in [0.3, 0.4) is 0 Å². The van der Waals surface area contributed by atoms with E-state index in [0.29, 0.717) is 56.8 Å². The Bertz CT molecular complexity index is 1360. The van der Waals surface area contributed by atoms with E-state index in [1.54, 1.807) is 40.9 Å². The fourth-order valence-corrected chi connectivity index (χ4v) is 3.53. The molecule has 4 rings (SSSR count). The van der Waals surface area contributed by atoms with E-state index in [2.05, 4.69) is 21.5 Å². The van der Waals surface area contributed by atoms with Crippen molar-refractivity contribution >= 4 is 23.1 Å². The number of hydrogen-bond donors (Lipinski definition) is 2. The number of aromatic amines is 1. The minimum atomic E-state index is -0.450. The number of nitriles is 1. The van der Waals surface area contributed by atoms with Crippen LogP contribution in [0.5, 0.6) is 17.2 Å². The molecule has 0 aliphatic heterocycles. The fourth-order valence-electron chi connectivity index (χ4n) is 3.53. The average Bonchev–Trinajstić information content (AvgIpc) is 3.42. The predicted octanol–water partition coefficient (Wildman–Crippen LogP) is 3.76. The van der Waals surface area contributed by atoms with Crippen LogP contribution in [-0.4, -0.2) is 49.0 Å². The van der Waals surface area contributed by atoms with E-state index >= 15 is 0 Å². The first kappa shape index (κ1) is 21.6. The van der Waals surface area contributed by atoms with Crippen LogP contribution in [0, 0.1) is 11.3 Å². The normalized spacial score (nSPS) is 10.5. The molecule has 33 heavy (non-hydrogen) atoms. The summed E-state index contributed by atoms with van der Waals surface area (Å²) in [6.07, 6.45) is 1.47. The zero-order chi connectivity index (χ0) is 23.5. The molecule has 2 aromatic carbocycles. The summed E-state index contributed by atoms with van der Waals surface area (Å²) in [4.78, 5) is 15.2. The Morgan fingerprint density at radius 2 is 1.82 bits per heavy atom. The van der Waals surface area contributed by atoms with Crippen LogP contribution in [0.4, 0.5) is 11.5 Å². The van der Waals surface area contributed by atoms with E-state index in [1.165, 1.54) is 34.6 Å². The zero-order valence-corrected chi connectivity index (χ0v) is 18.4. The number of hydrogen-bond acceptors (Lipinski definition) is 8. The highest BCUT2D eigenvalue weighted by Gasteiger charge is 2.21. The molecule has 0 saturated carbocycles. The first-order valence-corrected chi connectivity index (χ1v) is 9.80. The van der Waals surface area contributed by atoms with Crippen molar-refractivity contribution in [3.8, 4) is 34.6 Å². The van der Waals surface area contributed by atoms with E-state index in [1.807, 2.05) is 0 Å². The lowest BCUT2D eigenvalue weighted by Gasteiger charge is -2.15. The second-order valence-corrected chi connectivity index (χ2v) is 6.89. The molecule has 10 nitrogen and oxygen atoms in total. The van der Waals surface area contributed by atoms with Crippen molar-refractivity contribution in [1.82, 2.24) is 14.6 Å². The number of esters is 1. The molecule has 0 aliphatic rings. The summed E-state index contributed by atoms with van der Waals surface area (Å²) in [6.45, 7) is 0. The van der Waals surface area contributed by atoms with Crippen molar-refractivity contribution in [2.75, 3.05) is 33.8 Å². The lowest BCUT2D eigenvalue weighted by molar-refractivity contribution is 0.0601.